The molecule has 1 aliphatic heterocycles. The van der Waals surface area contributed by atoms with E-state index < -0.39 is 0 Å². The van der Waals surface area contributed by atoms with Crippen molar-refractivity contribution in [2.75, 3.05) is 13.2 Å². The van der Waals surface area contributed by atoms with Gasteiger partial charge in [-0.2, -0.15) is 0 Å². The second-order valence-electron chi connectivity index (χ2n) is 3.86. The van der Waals surface area contributed by atoms with Crippen LogP contribution in [0.3, 0.4) is 0 Å². The fraction of sp³-hybridized carbons (Fsp3) is 0.545. The highest BCUT2D eigenvalue weighted by Crippen LogP contribution is 2.16. The summed E-state index contributed by atoms with van der Waals surface area (Å²) in [6, 6.07) is 3.50. The van der Waals surface area contributed by atoms with Gasteiger partial charge >= 0.3 is 0 Å². The van der Waals surface area contributed by atoms with Gasteiger partial charge in [0.15, 0.2) is 5.76 Å². The molecule has 2 rings (SSSR count). The Kier molecular flexibility index (Phi) is 3.06. The smallest absolute Gasteiger partial charge is 0.287 e. The first kappa shape index (κ1) is 10.2. The summed E-state index contributed by atoms with van der Waals surface area (Å²) < 4.78 is 10.3. The summed E-state index contributed by atoms with van der Waals surface area (Å²) in [6.07, 6.45) is 2.51. The van der Waals surface area contributed by atoms with Gasteiger partial charge in [0.1, 0.15) is 0 Å². The molecule has 0 aromatic carbocycles. The van der Waals surface area contributed by atoms with Crippen molar-refractivity contribution in [2.24, 2.45) is 5.92 Å². The van der Waals surface area contributed by atoms with Gasteiger partial charge in [0.05, 0.1) is 12.9 Å². The van der Waals surface area contributed by atoms with E-state index in [0.717, 1.165) is 19.6 Å². The third-order valence-electron chi connectivity index (χ3n) is 2.78. The molecule has 1 aliphatic rings. The summed E-state index contributed by atoms with van der Waals surface area (Å²) in [7, 11) is 0. The molecule has 4 nitrogen and oxygen atoms in total. The fourth-order valence-electron chi connectivity index (χ4n) is 1.75. The summed E-state index contributed by atoms with van der Waals surface area (Å²) in [5.41, 5.74) is 0. The molecule has 1 amide bonds. The Hall–Kier alpha value is -1.29. The first-order chi connectivity index (χ1) is 7.27. The molecular formula is C11H15NO3. The molecule has 1 N–H and O–H groups in total. The van der Waals surface area contributed by atoms with E-state index in [4.69, 9.17) is 9.15 Å². The van der Waals surface area contributed by atoms with Crippen LogP contribution in [0.15, 0.2) is 22.8 Å². The molecule has 15 heavy (non-hydrogen) atoms. The number of carbonyl (C=O) groups excluding carboxylic acids is 1. The highest BCUT2D eigenvalue weighted by atomic mass is 16.5. The summed E-state index contributed by atoms with van der Waals surface area (Å²) in [4.78, 5) is 11.6. The van der Waals surface area contributed by atoms with Gasteiger partial charge in [-0.1, -0.05) is 0 Å². The second kappa shape index (κ2) is 4.49. The number of nitrogens with one attached hydrogen (secondary N) is 1. The molecule has 0 bridgehead atoms. The van der Waals surface area contributed by atoms with Gasteiger partial charge in [-0.25, -0.2) is 0 Å². The summed E-state index contributed by atoms with van der Waals surface area (Å²) in [5.74, 6) is 0.629. The quantitative estimate of drug-likeness (QED) is 0.819. The van der Waals surface area contributed by atoms with Crippen LogP contribution in [0.1, 0.15) is 23.9 Å². The molecule has 0 spiro atoms. The molecule has 0 radical (unpaired) electrons. The predicted molar refractivity (Wildman–Crippen MR) is 54.6 cm³/mol. The summed E-state index contributed by atoms with van der Waals surface area (Å²) in [6.45, 7) is 3.53. The molecular weight excluding hydrogens is 194 g/mol. The standard InChI is InChI=1S/C11H15NO3/c1-8(9-4-6-14-7-9)12-11(13)10-3-2-5-15-10/h2-3,5,8-9H,4,6-7H2,1H3,(H,12,13). The van der Waals surface area contributed by atoms with E-state index in [0.29, 0.717) is 11.7 Å². The van der Waals surface area contributed by atoms with Gasteiger partial charge in [-0.3, -0.25) is 4.79 Å². The lowest BCUT2D eigenvalue weighted by Crippen LogP contribution is -2.38. The molecule has 1 fully saturated rings. The van der Waals surface area contributed by atoms with Gasteiger partial charge in [0.25, 0.3) is 5.91 Å². The van der Waals surface area contributed by atoms with Crippen LogP contribution in [0.2, 0.25) is 0 Å². The molecule has 1 aromatic rings. The van der Waals surface area contributed by atoms with Crippen LogP contribution in [-0.4, -0.2) is 25.2 Å². The van der Waals surface area contributed by atoms with E-state index in [1.807, 2.05) is 6.92 Å². The van der Waals surface area contributed by atoms with E-state index in [9.17, 15) is 4.79 Å². The second-order valence-corrected chi connectivity index (χ2v) is 3.86. The lowest BCUT2D eigenvalue weighted by molar-refractivity contribution is 0.0894. The number of ether oxygens (including phenoxy) is 1. The Labute approximate surface area is 88.6 Å². The van der Waals surface area contributed by atoms with Crippen molar-refractivity contribution in [1.29, 1.82) is 0 Å². The molecule has 1 saturated heterocycles. The van der Waals surface area contributed by atoms with Gasteiger partial charge < -0.3 is 14.5 Å². The van der Waals surface area contributed by atoms with Crippen molar-refractivity contribution in [1.82, 2.24) is 5.32 Å². The van der Waals surface area contributed by atoms with Gasteiger partial charge in [-0.15, -0.1) is 0 Å². The molecule has 4 heteroatoms. The lowest BCUT2D eigenvalue weighted by atomic mass is 10.0. The number of furan rings is 1. The lowest BCUT2D eigenvalue weighted by Gasteiger charge is -2.18. The average molecular weight is 209 g/mol. The van der Waals surface area contributed by atoms with E-state index in [1.54, 1.807) is 12.1 Å². The minimum absolute atomic E-state index is 0.130. The normalized spacial score (nSPS) is 22.6. The molecule has 0 aliphatic carbocycles. The maximum atomic E-state index is 11.6. The van der Waals surface area contributed by atoms with Crippen LogP contribution in [0.5, 0.6) is 0 Å². The van der Waals surface area contributed by atoms with Gasteiger partial charge in [0.2, 0.25) is 0 Å². The Bertz CT molecular complexity index is 315. The van der Waals surface area contributed by atoms with Gasteiger partial charge in [-0.05, 0) is 25.5 Å². The third kappa shape index (κ3) is 2.39. The fourth-order valence-corrected chi connectivity index (χ4v) is 1.75. The summed E-state index contributed by atoms with van der Waals surface area (Å²) in [5, 5.41) is 2.91. The summed E-state index contributed by atoms with van der Waals surface area (Å²) >= 11 is 0. The van der Waals surface area contributed by atoms with Crippen molar-refractivity contribution in [3.05, 3.63) is 24.2 Å². The molecule has 2 unspecified atom stereocenters. The van der Waals surface area contributed by atoms with Crippen molar-refractivity contribution >= 4 is 5.91 Å². The van der Waals surface area contributed by atoms with Crippen molar-refractivity contribution < 1.29 is 13.9 Å². The van der Waals surface area contributed by atoms with Crippen molar-refractivity contribution in [2.45, 2.75) is 19.4 Å². The highest BCUT2D eigenvalue weighted by Gasteiger charge is 2.24. The monoisotopic (exact) mass is 209 g/mol. The average Bonchev–Trinajstić information content (AvgIpc) is 2.91. The predicted octanol–water partition coefficient (Wildman–Crippen LogP) is 1.43. The minimum atomic E-state index is -0.153. The zero-order chi connectivity index (χ0) is 10.7. The number of rotatable bonds is 3. The van der Waals surface area contributed by atoms with E-state index in [2.05, 4.69) is 5.32 Å². The Morgan fingerprint density at radius 3 is 3.13 bits per heavy atom. The number of amides is 1. The number of carbonyl (C=O) groups is 1. The molecule has 2 atom stereocenters. The zero-order valence-electron chi connectivity index (χ0n) is 8.73. The third-order valence-corrected chi connectivity index (χ3v) is 2.78. The van der Waals surface area contributed by atoms with E-state index in [1.165, 1.54) is 6.26 Å². The first-order valence-electron chi connectivity index (χ1n) is 5.19. The Morgan fingerprint density at radius 1 is 1.67 bits per heavy atom. The van der Waals surface area contributed by atoms with Crippen LogP contribution in [0, 0.1) is 5.92 Å². The Balaban J connectivity index is 1.88. The maximum Gasteiger partial charge on any atom is 0.287 e. The highest BCUT2D eigenvalue weighted by molar-refractivity contribution is 5.91. The molecule has 2 heterocycles. The van der Waals surface area contributed by atoms with Crippen LogP contribution in [-0.2, 0) is 4.74 Å². The van der Waals surface area contributed by atoms with E-state index in [-0.39, 0.29) is 11.9 Å². The van der Waals surface area contributed by atoms with Crippen LogP contribution >= 0.6 is 0 Å². The SMILES string of the molecule is CC(NC(=O)c1ccco1)C1CCOC1. The van der Waals surface area contributed by atoms with Crippen LogP contribution < -0.4 is 5.32 Å². The largest absolute Gasteiger partial charge is 0.459 e. The number of hydrogen-bond donors (Lipinski definition) is 1. The molecule has 1 aromatic heterocycles. The van der Waals surface area contributed by atoms with Crippen molar-refractivity contribution in [3.63, 3.8) is 0 Å². The molecule has 82 valence electrons. The van der Waals surface area contributed by atoms with Crippen LogP contribution in [0.4, 0.5) is 0 Å². The molecule has 0 saturated carbocycles. The van der Waals surface area contributed by atoms with Gasteiger partial charge in [0, 0.05) is 18.6 Å². The van der Waals surface area contributed by atoms with E-state index >= 15 is 0 Å². The maximum absolute atomic E-state index is 11.6. The first-order valence-corrected chi connectivity index (χ1v) is 5.19. The number of hydrogen-bond acceptors (Lipinski definition) is 3. The Morgan fingerprint density at radius 2 is 2.53 bits per heavy atom. The minimum Gasteiger partial charge on any atom is -0.459 e. The zero-order valence-corrected chi connectivity index (χ0v) is 8.73. The topological polar surface area (TPSA) is 51.5 Å². The van der Waals surface area contributed by atoms with Crippen LogP contribution in [0.25, 0.3) is 0 Å². The van der Waals surface area contributed by atoms with Crippen molar-refractivity contribution in [3.8, 4) is 0 Å².